The third-order valence-electron chi connectivity index (χ3n) is 2.00. The highest BCUT2D eigenvalue weighted by atomic mass is 79.9. The highest BCUT2D eigenvalue weighted by Gasteiger charge is 2.01. The molecule has 0 radical (unpaired) electrons. The van der Waals surface area contributed by atoms with Crippen molar-refractivity contribution in [2.24, 2.45) is 0 Å². The molecule has 2 rings (SSSR count). The van der Waals surface area contributed by atoms with Crippen LogP contribution in [-0.2, 0) is 6.42 Å². The number of aromatic amines is 1. The Balaban J connectivity index is 2.75. The molecule has 3 heteroatoms. The van der Waals surface area contributed by atoms with Crippen LogP contribution in [0.25, 0.3) is 10.9 Å². The molecule has 0 aliphatic rings. The van der Waals surface area contributed by atoms with E-state index in [1.165, 1.54) is 10.9 Å². The van der Waals surface area contributed by atoms with Crippen molar-refractivity contribution in [3.05, 3.63) is 28.6 Å². The monoisotopic (exact) mass is 224 g/mol. The smallest absolute Gasteiger partial charge is 0.106 e. The highest BCUT2D eigenvalue weighted by molar-refractivity contribution is 9.10. The summed E-state index contributed by atoms with van der Waals surface area (Å²) in [4.78, 5) is 7.32. The van der Waals surface area contributed by atoms with Crippen molar-refractivity contribution in [2.75, 3.05) is 0 Å². The third-order valence-corrected chi connectivity index (χ3v) is 2.43. The topological polar surface area (TPSA) is 28.7 Å². The first-order chi connectivity index (χ1) is 5.81. The quantitative estimate of drug-likeness (QED) is 0.742. The van der Waals surface area contributed by atoms with Crippen LogP contribution in [0, 0.1) is 0 Å². The predicted octanol–water partition coefficient (Wildman–Crippen LogP) is 2.89. The largest absolute Gasteiger partial charge is 0.360 e. The van der Waals surface area contributed by atoms with Gasteiger partial charge in [0.05, 0.1) is 11.7 Å². The number of H-pyrrole nitrogens is 1. The zero-order chi connectivity index (χ0) is 8.55. The van der Waals surface area contributed by atoms with Crippen LogP contribution in [0.2, 0.25) is 0 Å². The number of nitrogens with zero attached hydrogens (tertiary/aromatic N) is 1. The van der Waals surface area contributed by atoms with E-state index in [0.717, 1.165) is 16.5 Å². The summed E-state index contributed by atoms with van der Waals surface area (Å²) in [6.45, 7) is 2.15. The Kier molecular flexibility index (Phi) is 1.89. The van der Waals surface area contributed by atoms with Gasteiger partial charge in [-0.2, -0.15) is 0 Å². The Labute approximate surface area is 79.1 Å². The molecule has 0 bridgehead atoms. The summed E-state index contributed by atoms with van der Waals surface area (Å²) in [7, 11) is 0. The molecule has 0 spiro atoms. The summed E-state index contributed by atoms with van der Waals surface area (Å²) in [6, 6.07) is 2.05. The summed E-state index contributed by atoms with van der Waals surface area (Å²) >= 11 is 3.36. The van der Waals surface area contributed by atoms with Gasteiger partial charge in [0.2, 0.25) is 0 Å². The number of aryl methyl sites for hydroxylation is 1. The number of nitrogens with one attached hydrogen (secondary N) is 1. The molecule has 2 aromatic heterocycles. The molecule has 0 atom stereocenters. The number of pyridine rings is 1. The first-order valence-corrected chi connectivity index (χ1v) is 4.72. The molecule has 0 aliphatic carbocycles. The van der Waals surface area contributed by atoms with E-state index in [4.69, 9.17) is 0 Å². The average molecular weight is 225 g/mol. The number of hydrogen-bond acceptors (Lipinski definition) is 1. The number of fused-ring (bicyclic) bond motifs is 1. The fourth-order valence-corrected chi connectivity index (χ4v) is 1.68. The van der Waals surface area contributed by atoms with Crippen LogP contribution in [0.3, 0.4) is 0 Å². The molecule has 2 aromatic rings. The van der Waals surface area contributed by atoms with E-state index in [9.17, 15) is 0 Å². The average Bonchev–Trinajstić information content (AvgIpc) is 2.46. The van der Waals surface area contributed by atoms with Crippen LogP contribution in [0.5, 0.6) is 0 Å². The minimum absolute atomic E-state index is 0.893. The summed E-state index contributed by atoms with van der Waals surface area (Å²) < 4.78 is 0.893. The second-order valence-electron chi connectivity index (χ2n) is 2.72. The van der Waals surface area contributed by atoms with Crippen molar-refractivity contribution in [1.82, 2.24) is 9.97 Å². The molecule has 1 N–H and O–H groups in total. The molecule has 0 fully saturated rings. The van der Waals surface area contributed by atoms with E-state index in [1.807, 2.05) is 18.5 Å². The zero-order valence-electron chi connectivity index (χ0n) is 6.76. The minimum Gasteiger partial charge on any atom is -0.360 e. The maximum Gasteiger partial charge on any atom is 0.106 e. The van der Waals surface area contributed by atoms with Gasteiger partial charge in [0.25, 0.3) is 0 Å². The summed E-state index contributed by atoms with van der Waals surface area (Å²) in [6.07, 6.45) is 4.94. The molecule has 0 saturated heterocycles. The molecule has 2 nitrogen and oxygen atoms in total. The minimum atomic E-state index is 0.893. The SMILES string of the molecule is CCc1c[nH]c2cnc(Br)cc12. The Morgan fingerprint density at radius 3 is 3.17 bits per heavy atom. The predicted molar refractivity (Wildman–Crippen MR) is 53.2 cm³/mol. The maximum atomic E-state index is 4.14. The summed E-state index contributed by atoms with van der Waals surface area (Å²) in [5.41, 5.74) is 2.45. The lowest BCUT2D eigenvalue weighted by atomic mass is 10.2. The van der Waals surface area contributed by atoms with Gasteiger partial charge in [0, 0.05) is 11.6 Å². The van der Waals surface area contributed by atoms with Crippen molar-refractivity contribution < 1.29 is 0 Å². The van der Waals surface area contributed by atoms with Crippen LogP contribution in [0.15, 0.2) is 23.1 Å². The van der Waals surface area contributed by atoms with Gasteiger partial charge < -0.3 is 4.98 Å². The van der Waals surface area contributed by atoms with Crippen LogP contribution < -0.4 is 0 Å². The Bertz CT molecular complexity index is 406. The van der Waals surface area contributed by atoms with Crippen LogP contribution >= 0.6 is 15.9 Å². The van der Waals surface area contributed by atoms with Gasteiger partial charge in [-0.1, -0.05) is 6.92 Å². The van der Waals surface area contributed by atoms with Crippen LogP contribution in [-0.4, -0.2) is 9.97 Å². The lowest BCUT2D eigenvalue weighted by Gasteiger charge is -1.93. The molecule has 0 amide bonds. The normalized spacial score (nSPS) is 10.8. The first kappa shape index (κ1) is 7.80. The highest BCUT2D eigenvalue weighted by Crippen LogP contribution is 2.20. The number of rotatable bonds is 1. The Morgan fingerprint density at radius 1 is 1.58 bits per heavy atom. The van der Waals surface area contributed by atoms with E-state index >= 15 is 0 Å². The molecule has 62 valence electrons. The molecular weight excluding hydrogens is 216 g/mol. The second kappa shape index (κ2) is 2.90. The summed E-state index contributed by atoms with van der Waals surface area (Å²) in [5.74, 6) is 0. The van der Waals surface area contributed by atoms with Crippen molar-refractivity contribution in [3.8, 4) is 0 Å². The second-order valence-corrected chi connectivity index (χ2v) is 3.53. The van der Waals surface area contributed by atoms with Gasteiger partial charge in [-0.25, -0.2) is 4.98 Å². The number of halogens is 1. The lowest BCUT2D eigenvalue weighted by Crippen LogP contribution is -1.77. The molecule has 2 heterocycles. The molecule has 0 aliphatic heterocycles. The molecule has 0 saturated carbocycles. The number of aromatic nitrogens is 2. The molecule has 0 unspecified atom stereocenters. The first-order valence-electron chi connectivity index (χ1n) is 3.92. The fraction of sp³-hybridized carbons (Fsp3) is 0.222. The molecular formula is C9H9BrN2. The molecule has 0 aromatic carbocycles. The maximum absolute atomic E-state index is 4.14. The van der Waals surface area contributed by atoms with Gasteiger partial charge in [0.15, 0.2) is 0 Å². The van der Waals surface area contributed by atoms with Crippen LogP contribution in [0.1, 0.15) is 12.5 Å². The van der Waals surface area contributed by atoms with Gasteiger partial charge in [0.1, 0.15) is 4.60 Å². The van der Waals surface area contributed by atoms with Gasteiger partial charge >= 0.3 is 0 Å². The van der Waals surface area contributed by atoms with E-state index < -0.39 is 0 Å². The van der Waals surface area contributed by atoms with E-state index in [-0.39, 0.29) is 0 Å². The van der Waals surface area contributed by atoms with Gasteiger partial charge in [-0.15, -0.1) is 0 Å². The van der Waals surface area contributed by atoms with Crippen molar-refractivity contribution in [2.45, 2.75) is 13.3 Å². The van der Waals surface area contributed by atoms with Crippen molar-refractivity contribution in [1.29, 1.82) is 0 Å². The Morgan fingerprint density at radius 2 is 2.42 bits per heavy atom. The number of hydrogen-bond donors (Lipinski definition) is 1. The molecule has 12 heavy (non-hydrogen) atoms. The van der Waals surface area contributed by atoms with Crippen LogP contribution in [0.4, 0.5) is 0 Å². The van der Waals surface area contributed by atoms with E-state index in [1.54, 1.807) is 0 Å². The Hall–Kier alpha value is -0.830. The van der Waals surface area contributed by atoms with Gasteiger partial charge in [-0.05, 0) is 34.0 Å². The van der Waals surface area contributed by atoms with Gasteiger partial charge in [-0.3, -0.25) is 0 Å². The summed E-state index contributed by atoms with van der Waals surface area (Å²) in [5, 5.41) is 1.26. The zero-order valence-corrected chi connectivity index (χ0v) is 8.35. The standard InChI is InChI=1S/C9H9BrN2/c1-2-6-4-11-8-5-12-9(10)3-7(6)8/h3-5,11H,2H2,1H3. The van der Waals surface area contributed by atoms with E-state index in [0.29, 0.717) is 0 Å². The fourth-order valence-electron chi connectivity index (χ4n) is 1.35. The third kappa shape index (κ3) is 1.14. The van der Waals surface area contributed by atoms with Crippen molar-refractivity contribution in [3.63, 3.8) is 0 Å². The lowest BCUT2D eigenvalue weighted by molar-refractivity contribution is 1.15. The van der Waals surface area contributed by atoms with Crippen molar-refractivity contribution >= 4 is 26.8 Å². The van der Waals surface area contributed by atoms with E-state index in [2.05, 4.69) is 32.8 Å².